The second kappa shape index (κ2) is 5.98. The first-order valence-electron chi connectivity index (χ1n) is 3.74. The number of hydrogen-bond acceptors (Lipinski definition) is 5. The van der Waals surface area contributed by atoms with Gasteiger partial charge in [-0.3, -0.25) is 0 Å². The average Bonchev–Trinajstić information content (AvgIpc) is 2.26. The van der Waals surface area contributed by atoms with Crippen LogP contribution in [0.5, 0.6) is 0 Å². The molecule has 84 valence electrons. The third kappa shape index (κ3) is 3.44. The van der Waals surface area contributed by atoms with Crippen LogP contribution in [0.2, 0.25) is 0 Å². The van der Waals surface area contributed by atoms with E-state index in [4.69, 9.17) is 32.9 Å². The van der Waals surface area contributed by atoms with E-state index in [0.29, 0.717) is 0 Å². The summed E-state index contributed by atoms with van der Waals surface area (Å²) in [5, 5.41) is 0. The van der Waals surface area contributed by atoms with E-state index in [0.717, 1.165) is 0 Å². The number of hydrogen-bond donors (Lipinski definition) is 0. The monoisotopic (exact) mass is 258 g/mol. The van der Waals surface area contributed by atoms with Gasteiger partial charge in [0.15, 0.2) is 0 Å². The van der Waals surface area contributed by atoms with Gasteiger partial charge in [0.1, 0.15) is 0 Å². The minimum atomic E-state index is -3.16. The SMILES string of the molecule is C=C[Si](Cl)(OC)O[Si](OC)(OC)OC. The molecule has 0 fully saturated rings. The summed E-state index contributed by atoms with van der Waals surface area (Å²) in [5.74, 6) is 0. The largest absolute Gasteiger partial charge is 0.670 e. The average molecular weight is 259 g/mol. The van der Waals surface area contributed by atoms with Gasteiger partial charge in [-0.1, -0.05) is 11.1 Å². The van der Waals surface area contributed by atoms with Gasteiger partial charge in [0.05, 0.1) is 0 Å². The van der Waals surface area contributed by atoms with Crippen LogP contribution in [-0.4, -0.2) is 45.4 Å². The van der Waals surface area contributed by atoms with Crippen LogP contribution in [0.25, 0.3) is 0 Å². The molecule has 1 atom stereocenters. The van der Waals surface area contributed by atoms with Gasteiger partial charge in [0.25, 0.3) is 0 Å². The fourth-order valence-corrected chi connectivity index (χ4v) is 5.26. The van der Waals surface area contributed by atoms with Crippen LogP contribution < -0.4 is 0 Å². The fraction of sp³-hybridized carbons (Fsp3) is 0.667. The zero-order valence-electron chi connectivity index (χ0n) is 8.70. The first-order valence-corrected chi connectivity index (χ1v) is 8.28. The van der Waals surface area contributed by atoms with E-state index in [1.54, 1.807) is 0 Å². The van der Waals surface area contributed by atoms with Crippen LogP contribution in [0.15, 0.2) is 12.3 Å². The second-order valence-electron chi connectivity index (χ2n) is 2.21. The highest BCUT2D eigenvalue weighted by molar-refractivity contribution is 7.17. The molecule has 0 rings (SSSR count). The molecule has 0 saturated carbocycles. The quantitative estimate of drug-likeness (QED) is 0.502. The maximum Gasteiger partial charge on any atom is 0.670 e. The van der Waals surface area contributed by atoms with Crippen molar-refractivity contribution in [2.24, 2.45) is 0 Å². The van der Waals surface area contributed by atoms with E-state index in [9.17, 15) is 0 Å². The van der Waals surface area contributed by atoms with Crippen LogP contribution >= 0.6 is 11.1 Å². The highest BCUT2D eigenvalue weighted by atomic mass is 35.6. The molecule has 14 heavy (non-hydrogen) atoms. The summed E-state index contributed by atoms with van der Waals surface area (Å²) in [4.78, 5) is 0. The second-order valence-corrected chi connectivity index (χ2v) is 8.81. The first kappa shape index (κ1) is 14.3. The van der Waals surface area contributed by atoms with E-state index in [2.05, 4.69) is 6.58 Å². The molecule has 8 heteroatoms. The van der Waals surface area contributed by atoms with Gasteiger partial charge >= 0.3 is 16.9 Å². The molecule has 0 saturated heterocycles. The third-order valence-corrected chi connectivity index (χ3v) is 7.81. The van der Waals surface area contributed by atoms with Crippen molar-refractivity contribution in [3.05, 3.63) is 12.3 Å². The lowest BCUT2D eigenvalue weighted by molar-refractivity contribution is 0.0412. The molecular formula is C6H15ClO5Si2. The Kier molecular flexibility index (Phi) is 6.09. The molecule has 0 aromatic carbocycles. The summed E-state index contributed by atoms with van der Waals surface area (Å²) in [5.41, 5.74) is 1.41. The summed E-state index contributed by atoms with van der Waals surface area (Å²) >= 11 is 6.00. The van der Waals surface area contributed by atoms with E-state index in [1.165, 1.54) is 34.1 Å². The normalized spacial score (nSPS) is 16.4. The van der Waals surface area contributed by atoms with Gasteiger partial charge in [0.2, 0.25) is 0 Å². The molecule has 0 aliphatic carbocycles. The van der Waals surface area contributed by atoms with Crippen molar-refractivity contribution in [1.82, 2.24) is 0 Å². The maximum atomic E-state index is 6.00. The van der Waals surface area contributed by atoms with E-state index in [1.807, 2.05) is 0 Å². The summed E-state index contributed by atoms with van der Waals surface area (Å²) < 4.78 is 25.5. The van der Waals surface area contributed by atoms with E-state index in [-0.39, 0.29) is 0 Å². The molecule has 0 aromatic rings. The lowest BCUT2D eigenvalue weighted by atomic mass is 11.3. The van der Waals surface area contributed by atoms with Gasteiger partial charge in [-0.2, -0.15) is 0 Å². The van der Waals surface area contributed by atoms with Crippen molar-refractivity contribution in [2.45, 2.75) is 0 Å². The first-order chi connectivity index (χ1) is 6.51. The van der Waals surface area contributed by atoms with Gasteiger partial charge in [-0.05, 0) is 5.70 Å². The van der Waals surface area contributed by atoms with Gasteiger partial charge < -0.3 is 21.8 Å². The topological polar surface area (TPSA) is 46.2 Å². The Labute approximate surface area is 91.0 Å². The highest BCUT2D eigenvalue weighted by Gasteiger charge is 2.51. The highest BCUT2D eigenvalue weighted by Crippen LogP contribution is 2.21. The van der Waals surface area contributed by atoms with Gasteiger partial charge in [-0.15, -0.1) is 6.58 Å². The Morgan fingerprint density at radius 3 is 1.64 bits per heavy atom. The van der Waals surface area contributed by atoms with Crippen molar-refractivity contribution < 1.29 is 21.8 Å². The summed E-state index contributed by atoms with van der Waals surface area (Å²) in [6, 6.07) is 0. The molecule has 0 bridgehead atoms. The van der Waals surface area contributed by atoms with Crippen LogP contribution in [-0.2, 0) is 21.8 Å². The smallest absolute Gasteiger partial charge is 0.384 e. The van der Waals surface area contributed by atoms with E-state index >= 15 is 0 Å². The molecule has 0 amide bonds. The zero-order chi connectivity index (χ0) is 11.2. The van der Waals surface area contributed by atoms with Crippen molar-refractivity contribution in [3.8, 4) is 0 Å². The predicted molar refractivity (Wildman–Crippen MR) is 56.7 cm³/mol. The molecule has 0 heterocycles. The Morgan fingerprint density at radius 2 is 1.43 bits per heavy atom. The van der Waals surface area contributed by atoms with Crippen LogP contribution in [0.3, 0.4) is 0 Å². The Bertz CT molecular complexity index is 181. The summed E-state index contributed by atoms with van der Waals surface area (Å²) in [6.45, 7) is 3.53. The molecule has 0 spiro atoms. The Morgan fingerprint density at radius 1 is 1.00 bits per heavy atom. The molecular weight excluding hydrogens is 244 g/mol. The van der Waals surface area contributed by atoms with Crippen molar-refractivity contribution >= 4 is 28.0 Å². The minimum absolute atomic E-state index is 1.41. The fourth-order valence-electron chi connectivity index (χ4n) is 0.712. The zero-order valence-corrected chi connectivity index (χ0v) is 11.5. The van der Waals surface area contributed by atoms with Crippen LogP contribution in [0.1, 0.15) is 0 Å². The molecule has 1 unspecified atom stereocenters. The molecule has 0 N–H and O–H groups in total. The van der Waals surface area contributed by atoms with Crippen molar-refractivity contribution in [2.75, 3.05) is 28.4 Å². The van der Waals surface area contributed by atoms with E-state index < -0.39 is 16.9 Å². The summed E-state index contributed by atoms with van der Waals surface area (Å²) in [6.07, 6.45) is 0. The molecule has 0 aromatic heterocycles. The van der Waals surface area contributed by atoms with Gasteiger partial charge in [0, 0.05) is 28.4 Å². The third-order valence-electron chi connectivity index (χ3n) is 1.54. The Hall–Kier alpha value is 0.264. The molecule has 5 nitrogen and oxygen atoms in total. The number of rotatable bonds is 7. The Balaban J connectivity index is 4.64. The predicted octanol–water partition coefficient (Wildman–Crippen LogP) is 0.927. The van der Waals surface area contributed by atoms with Crippen LogP contribution in [0.4, 0.5) is 0 Å². The molecule has 0 aliphatic rings. The lowest BCUT2D eigenvalue weighted by Gasteiger charge is -2.29. The molecule has 0 radical (unpaired) electrons. The standard InChI is InChI=1S/C6H15ClO5Si2/c1-6-13(7,8-2)12-14(9-3,10-4)11-5/h6H,1H2,2-5H3. The minimum Gasteiger partial charge on any atom is -0.384 e. The van der Waals surface area contributed by atoms with Crippen molar-refractivity contribution in [1.29, 1.82) is 0 Å². The summed E-state index contributed by atoms with van der Waals surface area (Å²) in [7, 11) is -0.442. The van der Waals surface area contributed by atoms with Gasteiger partial charge in [-0.25, -0.2) is 0 Å². The lowest BCUT2D eigenvalue weighted by Crippen LogP contribution is -2.54. The maximum absolute atomic E-state index is 6.00. The number of halogens is 1. The van der Waals surface area contributed by atoms with Crippen LogP contribution in [0, 0.1) is 0 Å². The van der Waals surface area contributed by atoms with Crippen molar-refractivity contribution in [3.63, 3.8) is 0 Å². The molecule has 0 aliphatic heterocycles.